The van der Waals surface area contributed by atoms with Gasteiger partial charge in [-0.15, -0.1) is 0 Å². The third-order valence-electron chi connectivity index (χ3n) is 2.10. The van der Waals surface area contributed by atoms with Gasteiger partial charge in [0.2, 0.25) is 0 Å². The van der Waals surface area contributed by atoms with Crippen molar-refractivity contribution in [1.82, 2.24) is 0 Å². The lowest BCUT2D eigenvalue weighted by atomic mass is 9.85. The Morgan fingerprint density at radius 2 is 2.00 bits per heavy atom. The zero-order chi connectivity index (χ0) is 10.8. The monoisotopic (exact) mass is 233 g/mol. The average Bonchev–Trinajstić information content (AvgIpc) is 2.02. The molecule has 0 radical (unpaired) electrons. The van der Waals surface area contributed by atoms with Crippen molar-refractivity contribution in [3.8, 4) is 0 Å². The second kappa shape index (κ2) is 4.49. The molecular weight excluding hydrogens is 221 g/mol. The minimum absolute atomic E-state index is 0.212. The lowest BCUT2D eigenvalue weighted by molar-refractivity contribution is 0.0964. The maximum atomic E-state index is 6.07. The Morgan fingerprint density at radius 1 is 1.36 bits per heavy atom. The molecule has 1 aromatic rings. The van der Waals surface area contributed by atoms with E-state index in [4.69, 9.17) is 29.1 Å². The van der Waals surface area contributed by atoms with Crippen molar-refractivity contribution in [3.05, 3.63) is 33.8 Å². The summed E-state index contributed by atoms with van der Waals surface area (Å²) in [6.07, 6.45) is 0. The summed E-state index contributed by atoms with van der Waals surface area (Å²) in [5, 5.41) is 1.27. The minimum atomic E-state index is -0.212. The van der Waals surface area contributed by atoms with Crippen LogP contribution in [0, 0.1) is 0 Å². The fraction of sp³-hybridized carbons (Fsp3) is 0.400. The largest absolute Gasteiger partial charge is 0.304 e. The van der Waals surface area contributed by atoms with Gasteiger partial charge in [-0.25, -0.2) is 5.90 Å². The summed E-state index contributed by atoms with van der Waals surface area (Å²) in [6, 6.07) is 5.42. The van der Waals surface area contributed by atoms with Crippen molar-refractivity contribution in [2.45, 2.75) is 19.3 Å². The van der Waals surface area contributed by atoms with E-state index in [0.717, 1.165) is 5.56 Å². The highest BCUT2D eigenvalue weighted by Gasteiger charge is 2.23. The Hall–Kier alpha value is -0.280. The Morgan fingerprint density at radius 3 is 2.50 bits per heavy atom. The van der Waals surface area contributed by atoms with E-state index in [1.54, 1.807) is 12.1 Å². The molecule has 0 aliphatic carbocycles. The van der Waals surface area contributed by atoms with Gasteiger partial charge in [0.15, 0.2) is 0 Å². The van der Waals surface area contributed by atoms with Crippen molar-refractivity contribution >= 4 is 23.2 Å². The van der Waals surface area contributed by atoms with Gasteiger partial charge in [-0.3, -0.25) is 0 Å². The second-order valence-corrected chi connectivity index (χ2v) is 4.66. The summed E-state index contributed by atoms with van der Waals surface area (Å²) >= 11 is 11.9. The van der Waals surface area contributed by atoms with E-state index in [1.807, 2.05) is 19.9 Å². The highest BCUT2D eigenvalue weighted by atomic mass is 35.5. The SMILES string of the molecule is CC(C)(CON)c1ccc(Cl)cc1Cl. The highest BCUT2D eigenvalue weighted by molar-refractivity contribution is 6.35. The Kier molecular flexibility index (Phi) is 3.78. The van der Waals surface area contributed by atoms with E-state index in [2.05, 4.69) is 4.84 Å². The van der Waals surface area contributed by atoms with Crippen LogP contribution in [0.4, 0.5) is 0 Å². The molecular formula is C10H13Cl2NO. The van der Waals surface area contributed by atoms with Gasteiger partial charge < -0.3 is 4.84 Å². The van der Waals surface area contributed by atoms with Gasteiger partial charge in [-0.05, 0) is 17.7 Å². The van der Waals surface area contributed by atoms with Crippen molar-refractivity contribution in [2.24, 2.45) is 5.90 Å². The average molecular weight is 234 g/mol. The van der Waals surface area contributed by atoms with Crippen LogP contribution in [0.25, 0.3) is 0 Å². The molecule has 2 N–H and O–H groups in total. The fourth-order valence-electron chi connectivity index (χ4n) is 1.32. The number of halogens is 2. The fourth-order valence-corrected chi connectivity index (χ4v) is 1.99. The molecule has 2 nitrogen and oxygen atoms in total. The molecule has 0 saturated heterocycles. The number of hydrogen-bond acceptors (Lipinski definition) is 2. The molecule has 0 spiro atoms. The first-order valence-electron chi connectivity index (χ1n) is 4.24. The maximum absolute atomic E-state index is 6.07. The van der Waals surface area contributed by atoms with Crippen molar-refractivity contribution in [1.29, 1.82) is 0 Å². The van der Waals surface area contributed by atoms with Crippen LogP contribution in [0.15, 0.2) is 18.2 Å². The van der Waals surface area contributed by atoms with Crippen LogP contribution in [0.2, 0.25) is 10.0 Å². The quantitative estimate of drug-likeness (QED) is 0.815. The molecule has 0 saturated carbocycles. The summed E-state index contributed by atoms with van der Waals surface area (Å²) in [5.41, 5.74) is 0.769. The predicted molar refractivity (Wildman–Crippen MR) is 59.6 cm³/mol. The van der Waals surface area contributed by atoms with Gasteiger partial charge >= 0.3 is 0 Å². The lowest BCUT2D eigenvalue weighted by Gasteiger charge is -2.24. The van der Waals surface area contributed by atoms with Crippen LogP contribution in [-0.4, -0.2) is 6.61 Å². The first-order chi connectivity index (χ1) is 6.47. The third kappa shape index (κ3) is 2.61. The molecule has 4 heteroatoms. The smallest absolute Gasteiger partial charge is 0.0771 e. The van der Waals surface area contributed by atoms with Crippen molar-refractivity contribution in [3.63, 3.8) is 0 Å². The molecule has 14 heavy (non-hydrogen) atoms. The molecule has 1 rings (SSSR count). The van der Waals surface area contributed by atoms with Crippen LogP contribution >= 0.6 is 23.2 Å². The molecule has 78 valence electrons. The number of benzene rings is 1. The number of nitrogens with two attached hydrogens (primary N) is 1. The molecule has 0 heterocycles. The normalized spacial score (nSPS) is 11.8. The van der Waals surface area contributed by atoms with E-state index < -0.39 is 0 Å². The van der Waals surface area contributed by atoms with Crippen LogP contribution < -0.4 is 5.90 Å². The summed E-state index contributed by atoms with van der Waals surface area (Å²) in [7, 11) is 0. The third-order valence-corrected chi connectivity index (χ3v) is 2.65. The van der Waals surface area contributed by atoms with Gasteiger partial charge in [0, 0.05) is 15.5 Å². The zero-order valence-electron chi connectivity index (χ0n) is 8.18. The molecule has 0 aromatic heterocycles. The van der Waals surface area contributed by atoms with E-state index in [9.17, 15) is 0 Å². The first kappa shape index (κ1) is 11.8. The summed E-state index contributed by atoms with van der Waals surface area (Å²) < 4.78 is 0. The molecule has 0 unspecified atom stereocenters. The van der Waals surface area contributed by atoms with Crippen LogP contribution in [0.5, 0.6) is 0 Å². The van der Waals surface area contributed by atoms with Gasteiger partial charge in [0.1, 0.15) is 0 Å². The molecule has 0 aliphatic rings. The molecule has 0 fully saturated rings. The van der Waals surface area contributed by atoms with Crippen molar-refractivity contribution < 1.29 is 4.84 Å². The van der Waals surface area contributed by atoms with Gasteiger partial charge in [-0.1, -0.05) is 43.1 Å². The summed E-state index contributed by atoms with van der Waals surface area (Å²) in [5.74, 6) is 5.06. The van der Waals surface area contributed by atoms with E-state index in [-0.39, 0.29) is 5.41 Å². The van der Waals surface area contributed by atoms with Gasteiger partial charge in [0.25, 0.3) is 0 Å². The standard InChI is InChI=1S/C10H13Cl2NO/c1-10(2,6-14-13)8-4-3-7(11)5-9(8)12/h3-5H,6,13H2,1-2H3. The summed E-state index contributed by atoms with van der Waals surface area (Å²) in [6.45, 7) is 4.43. The van der Waals surface area contributed by atoms with Crippen LogP contribution in [-0.2, 0) is 10.3 Å². The summed E-state index contributed by atoms with van der Waals surface area (Å²) in [4.78, 5) is 4.65. The number of rotatable bonds is 3. The number of hydrogen-bond donors (Lipinski definition) is 1. The molecule has 0 amide bonds. The molecule has 1 aromatic carbocycles. The Labute approximate surface area is 93.9 Å². The zero-order valence-corrected chi connectivity index (χ0v) is 9.69. The maximum Gasteiger partial charge on any atom is 0.0771 e. The van der Waals surface area contributed by atoms with Gasteiger partial charge in [-0.2, -0.15) is 0 Å². The minimum Gasteiger partial charge on any atom is -0.304 e. The Balaban J connectivity index is 3.06. The van der Waals surface area contributed by atoms with E-state index >= 15 is 0 Å². The van der Waals surface area contributed by atoms with Crippen LogP contribution in [0.1, 0.15) is 19.4 Å². The lowest BCUT2D eigenvalue weighted by Crippen LogP contribution is -2.26. The van der Waals surface area contributed by atoms with Gasteiger partial charge in [0.05, 0.1) is 6.61 Å². The van der Waals surface area contributed by atoms with E-state index in [0.29, 0.717) is 16.7 Å². The van der Waals surface area contributed by atoms with Crippen molar-refractivity contribution in [2.75, 3.05) is 6.61 Å². The topological polar surface area (TPSA) is 35.2 Å². The van der Waals surface area contributed by atoms with Crippen LogP contribution in [0.3, 0.4) is 0 Å². The molecule has 0 aliphatic heterocycles. The molecule has 0 bridgehead atoms. The Bertz CT molecular complexity index is 326. The highest BCUT2D eigenvalue weighted by Crippen LogP contribution is 2.31. The first-order valence-corrected chi connectivity index (χ1v) is 5.00. The molecule has 0 atom stereocenters. The van der Waals surface area contributed by atoms with E-state index in [1.165, 1.54) is 0 Å². The predicted octanol–water partition coefficient (Wildman–Crippen LogP) is 3.16. The second-order valence-electron chi connectivity index (χ2n) is 3.82.